The molecule has 0 bridgehead atoms. The van der Waals surface area contributed by atoms with Gasteiger partial charge in [-0.3, -0.25) is 0 Å². The van der Waals surface area contributed by atoms with Gasteiger partial charge in [-0.05, 0) is 66.8 Å². The van der Waals surface area contributed by atoms with Crippen LogP contribution in [0.15, 0.2) is 30.5 Å². The molecule has 2 aromatic rings. The summed E-state index contributed by atoms with van der Waals surface area (Å²) in [6, 6.07) is 5.40. The highest BCUT2D eigenvalue weighted by Crippen LogP contribution is 2.40. The molecule has 4 atom stereocenters. The molecule has 3 rings (SSSR count). The van der Waals surface area contributed by atoms with Gasteiger partial charge in [-0.15, -0.1) is 22.9 Å². The first-order valence-corrected chi connectivity index (χ1v) is 11.9. The zero-order valence-electron chi connectivity index (χ0n) is 17.1. The lowest BCUT2D eigenvalue weighted by Gasteiger charge is -2.20. The molecule has 0 aromatic carbocycles. The number of pyridine rings is 1. The van der Waals surface area contributed by atoms with Crippen LogP contribution < -0.4 is 0 Å². The minimum atomic E-state index is -0.881. The average Bonchev–Trinajstić information content (AvgIpc) is 3.25. The van der Waals surface area contributed by atoms with E-state index in [4.69, 9.17) is 28.3 Å². The number of aryl methyl sites for hydroxylation is 1. The van der Waals surface area contributed by atoms with E-state index in [0.29, 0.717) is 22.4 Å². The lowest BCUT2D eigenvalue weighted by molar-refractivity contribution is 0.0702. The fourth-order valence-electron chi connectivity index (χ4n) is 4.17. The van der Waals surface area contributed by atoms with Crippen molar-refractivity contribution in [3.05, 3.63) is 56.5 Å². The lowest BCUT2D eigenvalue weighted by Crippen LogP contribution is -2.18. The molecular weight excluding hydrogens is 441 g/mol. The quantitative estimate of drug-likeness (QED) is 0.355. The monoisotopic (exact) mass is 467 g/mol. The Kier molecular flexibility index (Phi) is 7.97. The van der Waals surface area contributed by atoms with Crippen molar-refractivity contribution in [1.29, 1.82) is 0 Å². The molecule has 2 heterocycles. The minimum Gasteiger partial charge on any atom is -0.477 e. The fourth-order valence-corrected chi connectivity index (χ4v) is 5.70. The number of aliphatic hydroxyl groups excluding tert-OH is 1. The smallest absolute Gasteiger partial charge is 0.345 e. The predicted molar refractivity (Wildman–Crippen MR) is 124 cm³/mol. The molecule has 7 heteroatoms. The van der Waals surface area contributed by atoms with Crippen LogP contribution in [0.3, 0.4) is 0 Å². The van der Waals surface area contributed by atoms with Crippen molar-refractivity contribution in [2.75, 3.05) is 0 Å². The molecular formula is C23H27Cl2NO3S. The second kappa shape index (κ2) is 10.3. The number of alkyl halides is 1. The maximum absolute atomic E-state index is 11.0. The van der Waals surface area contributed by atoms with Gasteiger partial charge in [0, 0.05) is 22.4 Å². The number of thiophene rings is 1. The van der Waals surface area contributed by atoms with Crippen LogP contribution in [0.25, 0.3) is 6.08 Å². The summed E-state index contributed by atoms with van der Waals surface area (Å²) < 4.78 is 0. The Bertz CT molecular complexity index is 912. The SMILES string of the molecule is CC(C)c1cnc(Cl)cc1/C=C/[C@@H]1[C@@H](CCCc2ccc(C(=O)O)s2)[C@H](Cl)C[C@H]1O. The Morgan fingerprint density at radius 2 is 2.17 bits per heavy atom. The van der Waals surface area contributed by atoms with Gasteiger partial charge >= 0.3 is 5.97 Å². The van der Waals surface area contributed by atoms with E-state index in [-0.39, 0.29) is 17.2 Å². The summed E-state index contributed by atoms with van der Waals surface area (Å²) in [6.45, 7) is 4.23. The maximum Gasteiger partial charge on any atom is 0.345 e. The highest BCUT2D eigenvalue weighted by atomic mass is 35.5. The number of hydrogen-bond donors (Lipinski definition) is 2. The van der Waals surface area contributed by atoms with Gasteiger partial charge in [-0.25, -0.2) is 9.78 Å². The van der Waals surface area contributed by atoms with Crippen molar-refractivity contribution in [3.63, 3.8) is 0 Å². The molecule has 0 saturated heterocycles. The van der Waals surface area contributed by atoms with Crippen LogP contribution in [-0.2, 0) is 6.42 Å². The van der Waals surface area contributed by atoms with Crippen molar-refractivity contribution in [2.45, 2.75) is 56.9 Å². The van der Waals surface area contributed by atoms with Gasteiger partial charge in [0.15, 0.2) is 0 Å². The highest BCUT2D eigenvalue weighted by Gasteiger charge is 2.39. The normalized spacial score (nSPS) is 24.2. The third-order valence-electron chi connectivity index (χ3n) is 5.76. The second-order valence-electron chi connectivity index (χ2n) is 8.17. The predicted octanol–water partition coefficient (Wildman–Crippen LogP) is 6.26. The molecule has 0 spiro atoms. The molecule has 1 aliphatic rings. The van der Waals surface area contributed by atoms with Gasteiger partial charge < -0.3 is 10.2 Å². The number of carbonyl (C=O) groups is 1. The maximum atomic E-state index is 11.0. The summed E-state index contributed by atoms with van der Waals surface area (Å²) in [4.78, 5) is 16.7. The molecule has 0 unspecified atom stereocenters. The number of aromatic carboxylic acids is 1. The first-order chi connectivity index (χ1) is 14.3. The Morgan fingerprint density at radius 1 is 1.40 bits per heavy atom. The molecule has 0 radical (unpaired) electrons. The third-order valence-corrected chi connectivity index (χ3v) is 7.60. The number of aromatic nitrogens is 1. The van der Waals surface area contributed by atoms with Gasteiger partial charge in [-0.2, -0.15) is 0 Å². The first kappa shape index (κ1) is 23.3. The Morgan fingerprint density at radius 3 is 2.83 bits per heavy atom. The molecule has 30 heavy (non-hydrogen) atoms. The molecule has 0 aliphatic heterocycles. The van der Waals surface area contributed by atoms with Crippen molar-refractivity contribution in [3.8, 4) is 0 Å². The molecule has 0 amide bonds. The van der Waals surface area contributed by atoms with E-state index in [1.807, 2.05) is 24.4 Å². The van der Waals surface area contributed by atoms with Crippen LogP contribution in [0.1, 0.15) is 64.7 Å². The zero-order valence-corrected chi connectivity index (χ0v) is 19.4. The van der Waals surface area contributed by atoms with Crippen LogP contribution in [0.5, 0.6) is 0 Å². The van der Waals surface area contributed by atoms with E-state index in [1.54, 1.807) is 6.07 Å². The first-order valence-electron chi connectivity index (χ1n) is 10.2. The van der Waals surface area contributed by atoms with Gasteiger partial charge in [0.05, 0.1) is 6.10 Å². The molecule has 1 fully saturated rings. The Balaban J connectivity index is 1.68. The standard InChI is InChI=1S/C23H27Cl2NO3S/c1-13(2)18-12-26-22(25)10-14(18)6-8-17-16(19(24)11-20(17)27)5-3-4-15-7-9-21(30-15)23(28)29/h6-10,12-13,16-17,19-20,27H,3-5,11H2,1-2H3,(H,28,29)/b8-6+/t16-,17-,19-,20-/m1/s1. The van der Waals surface area contributed by atoms with E-state index in [0.717, 1.165) is 35.3 Å². The number of carboxylic acids is 1. The van der Waals surface area contributed by atoms with E-state index < -0.39 is 12.1 Å². The number of nitrogens with zero attached hydrogens (tertiary/aromatic N) is 1. The largest absolute Gasteiger partial charge is 0.477 e. The summed E-state index contributed by atoms with van der Waals surface area (Å²) in [5.41, 5.74) is 2.14. The number of aliphatic hydroxyl groups is 1. The summed E-state index contributed by atoms with van der Waals surface area (Å²) in [7, 11) is 0. The van der Waals surface area contributed by atoms with E-state index >= 15 is 0 Å². The average molecular weight is 468 g/mol. The second-order valence-corrected chi connectivity index (χ2v) is 10.3. The van der Waals surface area contributed by atoms with Gasteiger partial charge in [0.1, 0.15) is 10.0 Å². The van der Waals surface area contributed by atoms with E-state index in [9.17, 15) is 9.90 Å². The fraction of sp³-hybridized carbons (Fsp3) is 0.478. The van der Waals surface area contributed by atoms with Crippen LogP contribution >= 0.6 is 34.5 Å². The summed E-state index contributed by atoms with van der Waals surface area (Å²) in [6.07, 6.45) is 8.65. The minimum absolute atomic E-state index is 0.0163. The molecule has 1 aliphatic carbocycles. The van der Waals surface area contributed by atoms with Crippen molar-refractivity contribution in [2.24, 2.45) is 11.8 Å². The lowest BCUT2D eigenvalue weighted by atomic mass is 9.88. The van der Waals surface area contributed by atoms with Crippen molar-refractivity contribution >= 4 is 46.6 Å². The topological polar surface area (TPSA) is 70.4 Å². The number of carboxylic acid groups (broad SMARTS) is 1. The zero-order chi connectivity index (χ0) is 21.8. The number of rotatable bonds is 8. The molecule has 2 aromatic heterocycles. The van der Waals surface area contributed by atoms with Gasteiger partial charge in [0.25, 0.3) is 0 Å². The molecule has 162 valence electrons. The summed E-state index contributed by atoms with van der Waals surface area (Å²) in [5.74, 6) is -0.400. The van der Waals surface area contributed by atoms with Crippen LogP contribution in [0.2, 0.25) is 5.15 Å². The Hall–Kier alpha value is -1.40. The number of halogens is 2. The van der Waals surface area contributed by atoms with Crippen LogP contribution in [-0.4, -0.2) is 32.6 Å². The summed E-state index contributed by atoms with van der Waals surface area (Å²) >= 11 is 14.0. The molecule has 4 nitrogen and oxygen atoms in total. The van der Waals surface area contributed by atoms with Crippen molar-refractivity contribution < 1.29 is 15.0 Å². The molecule has 2 N–H and O–H groups in total. The van der Waals surface area contributed by atoms with Gasteiger partial charge in [0.2, 0.25) is 0 Å². The third kappa shape index (κ3) is 5.64. The van der Waals surface area contributed by atoms with E-state index in [2.05, 4.69) is 24.9 Å². The van der Waals surface area contributed by atoms with Crippen LogP contribution in [0, 0.1) is 11.8 Å². The van der Waals surface area contributed by atoms with E-state index in [1.165, 1.54) is 11.3 Å². The highest BCUT2D eigenvalue weighted by molar-refractivity contribution is 7.13. The Labute approximate surface area is 191 Å². The van der Waals surface area contributed by atoms with Gasteiger partial charge in [-0.1, -0.05) is 37.6 Å². The van der Waals surface area contributed by atoms with Crippen molar-refractivity contribution in [1.82, 2.24) is 4.98 Å². The molecule has 1 saturated carbocycles. The van der Waals surface area contributed by atoms with Crippen LogP contribution in [0.4, 0.5) is 0 Å². The number of hydrogen-bond acceptors (Lipinski definition) is 4. The summed E-state index contributed by atoms with van der Waals surface area (Å²) in [5, 5.41) is 20.0.